The van der Waals surface area contributed by atoms with Crippen molar-refractivity contribution >= 4 is 41.4 Å². The van der Waals surface area contributed by atoms with E-state index in [2.05, 4.69) is 31.9 Å². The van der Waals surface area contributed by atoms with Crippen molar-refractivity contribution in [1.29, 1.82) is 0 Å². The van der Waals surface area contributed by atoms with Crippen LogP contribution in [0, 0.1) is 5.92 Å². The maximum absolute atomic E-state index is 12.7. The molecule has 7 atom stereocenters. The zero-order chi connectivity index (χ0) is 32.9. The second-order valence-corrected chi connectivity index (χ2v) is 10.5. The lowest BCUT2D eigenvalue weighted by atomic mass is 10.0. The molecule has 0 aliphatic carbocycles. The normalized spacial score (nSPS) is 18.7. The molecule has 1 fully saturated rings. The molecule has 0 radical (unpaired) electrons. The van der Waals surface area contributed by atoms with Gasteiger partial charge in [-0.15, -0.1) is 0 Å². The fourth-order valence-corrected chi connectivity index (χ4v) is 3.96. The Hall–Kier alpha value is -3.87. The molecular weight excluding hydrogens is 574 g/mol. The van der Waals surface area contributed by atoms with E-state index in [-0.39, 0.29) is 0 Å². The number of rotatable bonds is 17. The van der Waals surface area contributed by atoms with Gasteiger partial charge in [-0.1, -0.05) is 13.8 Å². The van der Waals surface area contributed by atoms with Crippen molar-refractivity contribution in [2.75, 3.05) is 26.2 Å². The van der Waals surface area contributed by atoms with Crippen LogP contribution in [0.15, 0.2) is 0 Å². The first kappa shape index (κ1) is 37.2. The van der Waals surface area contributed by atoms with Crippen molar-refractivity contribution in [3.05, 3.63) is 0 Å². The van der Waals surface area contributed by atoms with Gasteiger partial charge in [-0.05, 0) is 39.2 Å². The highest BCUT2D eigenvalue weighted by molar-refractivity contribution is 5.95. The highest BCUT2D eigenvalue weighted by atomic mass is 16.4. The molecule has 0 spiro atoms. The van der Waals surface area contributed by atoms with Gasteiger partial charge in [-0.25, -0.2) is 4.79 Å². The Morgan fingerprint density at radius 1 is 0.744 bits per heavy atom. The first-order valence-corrected chi connectivity index (χ1v) is 13.8. The van der Waals surface area contributed by atoms with E-state index >= 15 is 0 Å². The number of nitrogens with one attached hydrogen (secondary N) is 7. The smallest absolute Gasteiger partial charge is 0.328 e. The topological polar surface area (TPSA) is 285 Å². The lowest BCUT2D eigenvalue weighted by molar-refractivity contribution is -0.144. The number of carboxylic acids is 1. The second-order valence-electron chi connectivity index (χ2n) is 10.5. The van der Waals surface area contributed by atoms with Gasteiger partial charge in [0.25, 0.3) is 0 Å². The molecule has 0 bridgehead atoms. The molecule has 1 rings (SSSR count). The number of aliphatic carboxylic acids is 1. The summed E-state index contributed by atoms with van der Waals surface area (Å²) >= 11 is 0. The number of aliphatic hydroxyl groups excluding tert-OH is 3. The van der Waals surface area contributed by atoms with E-state index in [9.17, 15) is 48.9 Å². The Kier molecular flexibility index (Phi) is 15.5. The summed E-state index contributed by atoms with van der Waals surface area (Å²) in [5, 5.41) is 54.6. The molecule has 0 saturated carbocycles. The van der Waals surface area contributed by atoms with E-state index in [0.29, 0.717) is 13.0 Å². The fraction of sp³-hybridized carbons (Fsp3) is 0.720. The summed E-state index contributed by atoms with van der Waals surface area (Å²) in [6.45, 7) is 4.01. The molecule has 0 unspecified atom stereocenters. The minimum Gasteiger partial charge on any atom is -0.480 e. The lowest BCUT2D eigenvalue weighted by Gasteiger charge is -2.25. The van der Waals surface area contributed by atoms with E-state index in [4.69, 9.17) is 5.11 Å². The average Bonchev–Trinajstić information content (AvgIpc) is 3.48. The zero-order valence-corrected chi connectivity index (χ0v) is 24.5. The van der Waals surface area contributed by atoms with Crippen LogP contribution in [0.2, 0.25) is 0 Å². The van der Waals surface area contributed by atoms with E-state index in [1.165, 1.54) is 6.92 Å². The summed E-state index contributed by atoms with van der Waals surface area (Å²) in [7, 11) is 0. The third kappa shape index (κ3) is 12.5. The number of hydrogen-bond acceptors (Lipinski definition) is 11. The van der Waals surface area contributed by atoms with Crippen LogP contribution in [0.4, 0.5) is 0 Å². The largest absolute Gasteiger partial charge is 0.480 e. The van der Waals surface area contributed by atoms with Crippen LogP contribution in [0.3, 0.4) is 0 Å². The SMILES string of the molecule is CC(C)[C@H](NC(=O)[C@H](CO)NC(=O)CNC(=O)[C@@H](NC(=O)[C@@H]1CCCN1)[C@@H](C)O)C(=O)NCC(=O)N[C@H](C(=O)O)[C@@H](C)O. The molecule has 0 aromatic carbocycles. The van der Waals surface area contributed by atoms with Crippen LogP contribution >= 0.6 is 0 Å². The molecular formula is C25H43N7O11. The summed E-state index contributed by atoms with van der Waals surface area (Å²) in [5.74, 6) is -6.94. The van der Waals surface area contributed by atoms with Gasteiger partial charge in [0.1, 0.15) is 18.1 Å². The van der Waals surface area contributed by atoms with E-state index in [1.54, 1.807) is 13.8 Å². The maximum atomic E-state index is 12.7. The maximum Gasteiger partial charge on any atom is 0.328 e. The molecule has 11 N–H and O–H groups in total. The molecule has 1 aliphatic heterocycles. The minimum absolute atomic E-state index is 0.478. The van der Waals surface area contributed by atoms with Crippen LogP contribution in [0.5, 0.6) is 0 Å². The Morgan fingerprint density at radius 3 is 1.72 bits per heavy atom. The molecule has 1 aliphatic rings. The molecule has 244 valence electrons. The van der Waals surface area contributed by atoms with E-state index < -0.39 is 109 Å². The van der Waals surface area contributed by atoms with Crippen molar-refractivity contribution in [3.63, 3.8) is 0 Å². The molecule has 1 heterocycles. The van der Waals surface area contributed by atoms with Gasteiger partial charge in [0.2, 0.25) is 35.4 Å². The monoisotopic (exact) mass is 617 g/mol. The average molecular weight is 618 g/mol. The van der Waals surface area contributed by atoms with Gasteiger partial charge in [0.05, 0.1) is 37.9 Å². The lowest BCUT2D eigenvalue weighted by Crippen LogP contribution is -2.59. The van der Waals surface area contributed by atoms with E-state index in [1.807, 2.05) is 5.32 Å². The van der Waals surface area contributed by atoms with Gasteiger partial charge in [0.15, 0.2) is 6.04 Å². The third-order valence-corrected chi connectivity index (χ3v) is 6.43. The van der Waals surface area contributed by atoms with Gasteiger partial charge in [0, 0.05) is 0 Å². The summed E-state index contributed by atoms with van der Waals surface area (Å²) in [5.41, 5.74) is 0. The summed E-state index contributed by atoms with van der Waals surface area (Å²) in [6, 6.07) is -6.23. The van der Waals surface area contributed by atoms with Crippen LogP contribution in [0.25, 0.3) is 0 Å². The number of aliphatic hydroxyl groups is 3. The van der Waals surface area contributed by atoms with Crippen molar-refractivity contribution in [3.8, 4) is 0 Å². The Balaban J connectivity index is 2.67. The highest BCUT2D eigenvalue weighted by Crippen LogP contribution is 2.06. The van der Waals surface area contributed by atoms with Gasteiger partial charge in [-0.2, -0.15) is 0 Å². The van der Waals surface area contributed by atoms with Crippen molar-refractivity contribution in [2.45, 2.75) is 83.0 Å². The molecule has 1 saturated heterocycles. The van der Waals surface area contributed by atoms with Gasteiger partial charge in [-0.3, -0.25) is 28.8 Å². The predicted molar refractivity (Wildman–Crippen MR) is 148 cm³/mol. The standard InChI is InChI=1S/C25H43N7O11/c1-11(2)18(23(40)27-9-17(37)30-20(13(4)35)25(42)43)31-22(39)15(10-33)29-16(36)8-28-24(41)19(12(3)34)32-21(38)14-6-5-7-26-14/h11-15,18-20,26,33-35H,5-10H2,1-4H3,(H,27,40)(H,28,41)(H,29,36)(H,30,37)(H,31,39)(H,32,38)(H,42,43)/t12-,13-,14+,15+,18+,19+,20+/m1/s1. The molecule has 0 aromatic heterocycles. The molecule has 18 nitrogen and oxygen atoms in total. The highest BCUT2D eigenvalue weighted by Gasteiger charge is 2.32. The molecule has 0 aromatic rings. The Bertz CT molecular complexity index is 1020. The number of carboxylic acid groups (broad SMARTS) is 1. The number of hydrogen-bond donors (Lipinski definition) is 11. The minimum atomic E-state index is -1.60. The predicted octanol–water partition coefficient (Wildman–Crippen LogP) is -5.60. The second kappa shape index (κ2) is 17.9. The molecule has 43 heavy (non-hydrogen) atoms. The number of carbonyl (C=O) groups is 7. The Morgan fingerprint density at radius 2 is 1.28 bits per heavy atom. The van der Waals surface area contributed by atoms with Crippen LogP contribution in [-0.2, 0) is 33.6 Å². The number of amides is 6. The zero-order valence-electron chi connectivity index (χ0n) is 24.5. The van der Waals surface area contributed by atoms with Crippen molar-refractivity contribution < 1.29 is 54.0 Å². The molecule has 6 amide bonds. The summed E-state index contributed by atoms with van der Waals surface area (Å²) in [4.78, 5) is 85.8. The third-order valence-electron chi connectivity index (χ3n) is 6.43. The van der Waals surface area contributed by atoms with Crippen LogP contribution < -0.4 is 37.2 Å². The molecule has 18 heteroatoms. The van der Waals surface area contributed by atoms with Crippen LogP contribution in [0.1, 0.15) is 40.5 Å². The first-order valence-electron chi connectivity index (χ1n) is 13.8. The van der Waals surface area contributed by atoms with Gasteiger partial charge < -0.3 is 57.6 Å². The quantitative estimate of drug-likeness (QED) is 0.0729. The van der Waals surface area contributed by atoms with Crippen molar-refractivity contribution in [1.82, 2.24) is 37.2 Å². The Labute approximate surface area is 248 Å². The fourth-order valence-electron chi connectivity index (χ4n) is 3.96. The number of carbonyl (C=O) groups excluding carboxylic acids is 6. The first-order chi connectivity index (χ1) is 20.1. The van der Waals surface area contributed by atoms with Crippen molar-refractivity contribution in [2.24, 2.45) is 5.92 Å². The van der Waals surface area contributed by atoms with E-state index in [0.717, 1.165) is 13.3 Å². The summed E-state index contributed by atoms with van der Waals surface area (Å²) < 4.78 is 0. The van der Waals surface area contributed by atoms with Crippen LogP contribution in [-0.4, -0.2) is 130 Å². The summed E-state index contributed by atoms with van der Waals surface area (Å²) in [6.07, 6.45) is -1.34. The van der Waals surface area contributed by atoms with Gasteiger partial charge >= 0.3 is 5.97 Å².